The lowest BCUT2D eigenvalue weighted by atomic mass is 9.95. The molecule has 0 spiro atoms. The van der Waals surface area contributed by atoms with Crippen LogP contribution in [0.5, 0.6) is 11.5 Å². The summed E-state index contributed by atoms with van der Waals surface area (Å²) in [4.78, 5) is 24.8. The molecule has 1 saturated heterocycles. The van der Waals surface area contributed by atoms with Gasteiger partial charge in [-0.1, -0.05) is 48.5 Å². The summed E-state index contributed by atoms with van der Waals surface area (Å²) in [6.45, 7) is 7.93. The van der Waals surface area contributed by atoms with Gasteiger partial charge >= 0.3 is 0 Å². The number of fused-ring (bicyclic) bond motifs is 1. The molecular formula is C32H37FN2O5. The van der Waals surface area contributed by atoms with Gasteiger partial charge in [0.2, 0.25) is 5.78 Å². The highest BCUT2D eigenvalue weighted by molar-refractivity contribution is 6.42. The molecule has 0 aromatic heterocycles. The number of likely N-dealkylation sites (tertiary alicyclic amines) is 1. The normalized spacial score (nSPS) is 14.8. The Morgan fingerprint density at radius 1 is 0.950 bits per heavy atom. The Morgan fingerprint density at radius 3 is 2.15 bits per heavy atom. The second kappa shape index (κ2) is 13.1. The number of carbonyl (C=O) groups excluding carboxylic acids is 2. The molecule has 1 fully saturated rings. The summed E-state index contributed by atoms with van der Waals surface area (Å²) < 4.78 is 24.6. The van der Waals surface area contributed by atoms with Crippen LogP contribution in [-0.4, -0.2) is 54.5 Å². The van der Waals surface area contributed by atoms with Gasteiger partial charge in [0, 0.05) is 5.56 Å². The number of halogens is 1. The van der Waals surface area contributed by atoms with Gasteiger partial charge in [-0.2, -0.15) is 0 Å². The van der Waals surface area contributed by atoms with Crippen molar-refractivity contribution in [2.75, 3.05) is 32.8 Å². The van der Waals surface area contributed by atoms with Gasteiger partial charge in [-0.3, -0.25) is 9.59 Å². The van der Waals surface area contributed by atoms with Crippen LogP contribution in [0.3, 0.4) is 0 Å². The number of ketones is 1. The summed E-state index contributed by atoms with van der Waals surface area (Å²) >= 11 is 0. The summed E-state index contributed by atoms with van der Waals surface area (Å²) in [5, 5.41) is 9.92. The Kier molecular flexibility index (Phi) is 9.55. The van der Waals surface area contributed by atoms with E-state index in [9.17, 15) is 19.1 Å². The first-order chi connectivity index (χ1) is 19.1. The minimum absolute atomic E-state index is 0.273. The van der Waals surface area contributed by atoms with Gasteiger partial charge in [0.1, 0.15) is 13.2 Å². The fourth-order valence-electron chi connectivity index (χ4n) is 4.85. The zero-order valence-electron chi connectivity index (χ0n) is 23.1. The Hall–Kier alpha value is -3.75. The highest BCUT2D eigenvalue weighted by atomic mass is 19.1. The first kappa shape index (κ1) is 29.2. The van der Waals surface area contributed by atoms with Crippen molar-refractivity contribution < 1.29 is 28.6 Å². The number of Topliss-reactive ketones (excluding diaryl/α,β-unsaturated/α-hetero) is 1. The van der Waals surface area contributed by atoms with E-state index in [4.69, 9.17) is 15.2 Å². The van der Waals surface area contributed by atoms with Crippen LogP contribution < -0.4 is 15.2 Å². The number of aliphatic hydroxyl groups is 1. The van der Waals surface area contributed by atoms with Gasteiger partial charge in [-0.05, 0) is 93.6 Å². The number of nitrogens with zero attached hydrogens (tertiary/aromatic N) is 1. The van der Waals surface area contributed by atoms with Gasteiger partial charge in [-0.25, -0.2) is 4.39 Å². The number of carbonyl (C=O) groups is 2. The smallest absolute Gasteiger partial charge is 0.289 e. The van der Waals surface area contributed by atoms with Crippen LogP contribution in [0.4, 0.5) is 4.39 Å². The standard InChI is InChI=1S/C17H17NO3.C15H20FNO2/c1-17(2,21)14-9-7-12(8-10-14)11-3-5-13(6-4-11)15(19)16(18)20;16-13-10-12(4-3-7-17-5-1-2-6-17)11-14-15(13)19-9-8-18-14/h3-10,21H,1-2H3,(H2,18,20);10-11H,1-9H2. The van der Waals surface area contributed by atoms with Crippen molar-refractivity contribution >= 4 is 11.7 Å². The van der Waals surface area contributed by atoms with E-state index in [-0.39, 0.29) is 17.1 Å². The molecule has 0 radical (unpaired) electrons. The SMILES string of the molecule is CC(C)(O)c1ccc(-c2ccc(C(=O)C(N)=O)cc2)cc1.Fc1cc(CCCN2CCCC2)cc2c1OCCO2. The molecule has 0 saturated carbocycles. The maximum Gasteiger partial charge on any atom is 0.289 e. The maximum atomic E-state index is 13.8. The molecule has 3 N–H and O–H groups in total. The predicted molar refractivity (Wildman–Crippen MR) is 152 cm³/mol. The molecule has 8 heteroatoms. The molecule has 2 aliphatic rings. The summed E-state index contributed by atoms with van der Waals surface area (Å²) in [6.07, 6.45) is 4.60. The Bertz CT molecular complexity index is 1310. The number of aryl methyl sites for hydroxylation is 1. The third-order valence-electron chi connectivity index (χ3n) is 7.09. The van der Waals surface area contributed by atoms with Crippen LogP contribution >= 0.6 is 0 Å². The lowest BCUT2D eigenvalue weighted by Gasteiger charge is -2.20. The Balaban J connectivity index is 0.000000186. The third-order valence-corrected chi connectivity index (χ3v) is 7.09. The van der Waals surface area contributed by atoms with Crippen LogP contribution in [-0.2, 0) is 16.8 Å². The molecule has 3 aromatic carbocycles. The van der Waals surface area contributed by atoms with E-state index in [1.165, 1.54) is 25.9 Å². The number of nitrogens with two attached hydrogens (primary N) is 1. The van der Waals surface area contributed by atoms with Crippen LogP contribution in [0.25, 0.3) is 11.1 Å². The number of amides is 1. The number of benzene rings is 3. The van der Waals surface area contributed by atoms with Crippen molar-refractivity contribution in [1.82, 2.24) is 4.90 Å². The molecule has 0 bridgehead atoms. The van der Waals surface area contributed by atoms with Crippen molar-refractivity contribution in [3.63, 3.8) is 0 Å². The number of hydrogen-bond donors (Lipinski definition) is 2. The topological polar surface area (TPSA) is 102 Å². The molecule has 2 aliphatic heterocycles. The van der Waals surface area contributed by atoms with Crippen molar-refractivity contribution in [3.05, 3.63) is 83.2 Å². The molecule has 3 aromatic rings. The molecule has 1 amide bonds. The molecule has 0 atom stereocenters. The van der Waals surface area contributed by atoms with Gasteiger partial charge in [0.25, 0.3) is 5.91 Å². The van der Waals surface area contributed by atoms with E-state index in [2.05, 4.69) is 4.90 Å². The number of rotatable bonds is 8. The Morgan fingerprint density at radius 2 is 1.55 bits per heavy atom. The van der Waals surface area contributed by atoms with Crippen LogP contribution in [0, 0.1) is 5.82 Å². The molecule has 5 rings (SSSR count). The summed E-state index contributed by atoms with van der Waals surface area (Å²) in [5.41, 5.74) is 8.06. The highest BCUT2D eigenvalue weighted by Gasteiger charge is 2.18. The zero-order valence-corrected chi connectivity index (χ0v) is 23.1. The van der Waals surface area contributed by atoms with E-state index in [1.807, 2.05) is 30.3 Å². The molecule has 40 heavy (non-hydrogen) atoms. The summed E-state index contributed by atoms with van der Waals surface area (Å²) in [6, 6.07) is 17.7. The monoisotopic (exact) mass is 548 g/mol. The van der Waals surface area contributed by atoms with Gasteiger partial charge in [-0.15, -0.1) is 0 Å². The van der Waals surface area contributed by atoms with E-state index < -0.39 is 17.3 Å². The largest absolute Gasteiger partial charge is 0.486 e. The van der Waals surface area contributed by atoms with Crippen molar-refractivity contribution in [2.24, 2.45) is 5.73 Å². The minimum Gasteiger partial charge on any atom is -0.486 e. The number of hydrogen-bond acceptors (Lipinski definition) is 6. The zero-order chi connectivity index (χ0) is 28.7. The van der Waals surface area contributed by atoms with Crippen molar-refractivity contribution in [3.8, 4) is 22.6 Å². The average Bonchev–Trinajstić information content (AvgIpc) is 3.46. The second-order valence-electron chi connectivity index (χ2n) is 10.7. The Labute approximate surface area is 234 Å². The second-order valence-corrected chi connectivity index (χ2v) is 10.7. The predicted octanol–water partition coefficient (Wildman–Crippen LogP) is 4.87. The van der Waals surface area contributed by atoms with Crippen molar-refractivity contribution in [2.45, 2.75) is 45.1 Å². The van der Waals surface area contributed by atoms with Crippen LogP contribution in [0.2, 0.25) is 0 Å². The molecular weight excluding hydrogens is 511 g/mol. The van der Waals surface area contributed by atoms with Gasteiger partial charge in [0.05, 0.1) is 5.60 Å². The minimum atomic E-state index is -0.961. The highest BCUT2D eigenvalue weighted by Crippen LogP contribution is 2.34. The van der Waals surface area contributed by atoms with Crippen molar-refractivity contribution in [1.29, 1.82) is 0 Å². The van der Waals surface area contributed by atoms with Crippen LogP contribution in [0.15, 0.2) is 60.7 Å². The first-order valence-electron chi connectivity index (χ1n) is 13.7. The average molecular weight is 549 g/mol. The quantitative estimate of drug-likeness (QED) is 0.308. The molecule has 7 nitrogen and oxygen atoms in total. The fourth-order valence-corrected chi connectivity index (χ4v) is 4.85. The van der Waals surface area contributed by atoms with Crippen LogP contribution in [0.1, 0.15) is 54.6 Å². The number of primary amides is 1. The lowest BCUT2D eigenvalue weighted by Crippen LogP contribution is -2.22. The summed E-state index contributed by atoms with van der Waals surface area (Å²) in [5.74, 6) is -1.12. The van der Waals surface area contributed by atoms with E-state index in [0.29, 0.717) is 19.0 Å². The molecule has 212 valence electrons. The fraction of sp³-hybridized carbons (Fsp3) is 0.375. The van der Waals surface area contributed by atoms with Gasteiger partial charge in [0.15, 0.2) is 17.3 Å². The van der Waals surface area contributed by atoms with E-state index in [1.54, 1.807) is 44.2 Å². The molecule has 0 unspecified atom stereocenters. The van der Waals surface area contributed by atoms with Gasteiger partial charge < -0.3 is 25.2 Å². The number of ether oxygens (including phenoxy) is 2. The van der Waals surface area contributed by atoms with E-state index >= 15 is 0 Å². The maximum absolute atomic E-state index is 13.8. The molecule has 2 heterocycles. The first-order valence-corrected chi connectivity index (χ1v) is 13.7. The third kappa shape index (κ3) is 7.67. The summed E-state index contributed by atoms with van der Waals surface area (Å²) in [7, 11) is 0. The lowest BCUT2D eigenvalue weighted by molar-refractivity contribution is -0.114. The molecule has 0 aliphatic carbocycles. The van der Waals surface area contributed by atoms with E-state index in [0.717, 1.165) is 41.6 Å².